The molecule has 1 aliphatic carbocycles. The zero-order valence-corrected chi connectivity index (χ0v) is 13.4. The molecule has 0 saturated heterocycles. The molecule has 1 fully saturated rings. The van der Waals surface area contributed by atoms with Crippen molar-refractivity contribution in [3.63, 3.8) is 0 Å². The Morgan fingerprint density at radius 2 is 1.76 bits per heavy atom. The van der Waals surface area contributed by atoms with Crippen molar-refractivity contribution in [3.05, 3.63) is 11.1 Å². The quantitative estimate of drug-likeness (QED) is 0.558. The highest BCUT2D eigenvalue weighted by molar-refractivity contribution is 6.01. The van der Waals surface area contributed by atoms with Gasteiger partial charge in [-0.3, -0.25) is 4.79 Å². The van der Waals surface area contributed by atoms with Crippen LogP contribution in [0.5, 0.6) is 0 Å². The lowest BCUT2D eigenvalue weighted by Gasteiger charge is -2.31. The van der Waals surface area contributed by atoms with Crippen molar-refractivity contribution in [1.82, 2.24) is 10.2 Å². The first-order chi connectivity index (χ1) is 9.93. The van der Waals surface area contributed by atoms with Gasteiger partial charge in [0.05, 0.1) is 0 Å². The highest BCUT2D eigenvalue weighted by atomic mass is 16.4. The van der Waals surface area contributed by atoms with Crippen molar-refractivity contribution in [2.45, 2.75) is 58.4 Å². The molecule has 5 heteroatoms. The molecule has 2 N–H and O–H groups in total. The number of carbonyl (C=O) groups is 2. The molecule has 5 nitrogen and oxygen atoms in total. The molecule has 1 saturated carbocycles. The number of nitrogens with zero attached hydrogens (tertiary/aromatic N) is 1. The molecular formula is C16H28N2O3. The van der Waals surface area contributed by atoms with Crippen LogP contribution in [-0.4, -0.2) is 48.1 Å². The number of hydrogen-bond donors (Lipinski definition) is 2. The Bertz CT molecular complexity index is 398. The molecule has 1 rings (SSSR count). The second kappa shape index (κ2) is 8.82. The standard InChI is InChI=1S/C16H28N2O3/c1-12(13(2)16(20)21)15(19)17-10-7-11-18(3)14-8-5-4-6-9-14/h14H,4-11H2,1-3H3,(H,17,19)(H,20,21). The summed E-state index contributed by atoms with van der Waals surface area (Å²) in [5.74, 6) is -1.32. The number of carboxylic acid groups (broad SMARTS) is 1. The second-order valence-electron chi connectivity index (χ2n) is 5.94. The fourth-order valence-electron chi connectivity index (χ4n) is 2.70. The van der Waals surface area contributed by atoms with E-state index in [1.165, 1.54) is 39.0 Å². The van der Waals surface area contributed by atoms with Crippen LogP contribution in [0.1, 0.15) is 52.4 Å². The number of rotatable bonds is 7. The zero-order chi connectivity index (χ0) is 15.8. The van der Waals surface area contributed by atoms with Gasteiger partial charge >= 0.3 is 5.97 Å². The van der Waals surface area contributed by atoms with Crippen molar-refractivity contribution in [3.8, 4) is 0 Å². The van der Waals surface area contributed by atoms with Gasteiger partial charge in [0.25, 0.3) is 0 Å². The van der Waals surface area contributed by atoms with E-state index in [2.05, 4.69) is 17.3 Å². The third-order valence-corrected chi connectivity index (χ3v) is 4.40. The summed E-state index contributed by atoms with van der Waals surface area (Å²) in [6.45, 7) is 4.55. The molecule has 21 heavy (non-hydrogen) atoms. The van der Waals surface area contributed by atoms with E-state index in [0.717, 1.165) is 13.0 Å². The minimum Gasteiger partial charge on any atom is -0.478 e. The summed E-state index contributed by atoms with van der Waals surface area (Å²) in [6.07, 6.45) is 7.45. The first-order valence-electron chi connectivity index (χ1n) is 7.82. The number of nitrogens with one attached hydrogen (secondary N) is 1. The minimum atomic E-state index is -1.04. The average Bonchev–Trinajstić information content (AvgIpc) is 2.50. The van der Waals surface area contributed by atoms with Crippen molar-refractivity contribution in [2.24, 2.45) is 0 Å². The second-order valence-corrected chi connectivity index (χ2v) is 5.94. The Kier molecular flexibility index (Phi) is 7.43. The predicted molar refractivity (Wildman–Crippen MR) is 83.1 cm³/mol. The highest BCUT2D eigenvalue weighted by Crippen LogP contribution is 2.21. The smallest absolute Gasteiger partial charge is 0.331 e. The van der Waals surface area contributed by atoms with Crippen molar-refractivity contribution < 1.29 is 14.7 Å². The number of hydrogen-bond acceptors (Lipinski definition) is 3. The fraction of sp³-hybridized carbons (Fsp3) is 0.750. The van der Waals surface area contributed by atoms with Gasteiger partial charge in [-0.05, 0) is 46.7 Å². The number of carbonyl (C=O) groups excluding carboxylic acids is 1. The highest BCUT2D eigenvalue weighted by Gasteiger charge is 2.17. The molecule has 0 aromatic heterocycles. The van der Waals surface area contributed by atoms with Gasteiger partial charge in [0.2, 0.25) is 5.91 Å². The van der Waals surface area contributed by atoms with E-state index in [-0.39, 0.29) is 17.1 Å². The van der Waals surface area contributed by atoms with Crippen LogP contribution in [0, 0.1) is 0 Å². The van der Waals surface area contributed by atoms with E-state index < -0.39 is 5.97 Å². The van der Waals surface area contributed by atoms with Gasteiger partial charge in [-0.15, -0.1) is 0 Å². The molecular weight excluding hydrogens is 268 g/mol. The first kappa shape index (κ1) is 17.7. The fourth-order valence-corrected chi connectivity index (χ4v) is 2.70. The number of carboxylic acids is 1. The third-order valence-electron chi connectivity index (χ3n) is 4.40. The molecule has 0 unspecified atom stereocenters. The zero-order valence-electron chi connectivity index (χ0n) is 13.4. The van der Waals surface area contributed by atoms with Crippen LogP contribution in [-0.2, 0) is 9.59 Å². The van der Waals surface area contributed by atoms with E-state index in [9.17, 15) is 9.59 Å². The van der Waals surface area contributed by atoms with Crippen LogP contribution in [0.15, 0.2) is 11.1 Å². The van der Waals surface area contributed by atoms with Crippen LogP contribution in [0.25, 0.3) is 0 Å². The van der Waals surface area contributed by atoms with Crippen LogP contribution < -0.4 is 5.32 Å². The predicted octanol–water partition coefficient (Wildman–Crippen LogP) is 2.18. The van der Waals surface area contributed by atoms with E-state index in [1.54, 1.807) is 6.92 Å². The molecule has 120 valence electrons. The van der Waals surface area contributed by atoms with Crippen molar-refractivity contribution in [2.75, 3.05) is 20.1 Å². The summed E-state index contributed by atoms with van der Waals surface area (Å²) < 4.78 is 0. The Morgan fingerprint density at radius 3 is 2.33 bits per heavy atom. The van der Waals surface area contributed by atoms with Crippen LogP contribution in [0.3, 0.4) is 0 Å². The molecule has 0 atom stereocenters. The number of aliphatic carboxylic acids is 1. The van der Waals surface area contributed by atoms with E-state index in [4.69, 9.17) is 5.11 Å². The SMILES string of the molecule is CC(C(=O)O)=C(C)C(=O)NCCCN(C)C1CCCCC1. The van der Waals surface area contributed by atoms with E-state index in [1.807, 2.05) is 0 Å². The van der Waals surface area contributed by atoms with Gasteiger partial charge in [0, 0.05) is 23.7 Å². The molecule has 1 amide bonds. The van der Waals surface area contributed by atoms with Crippen LogP contribution in [0.4, 0.5) is 0 Å². The Morgan fingerprint density at radius 1 is 1.14 bits per heavy atom. The maximum absolute atomic E-state index is 11.8. The summed E-state index contributed by atoms with van der Waals surface area (Å²) in [6, 6.07) is 0.685. The van der Waals surface area contributed by atoms with Crippen LogP contribution >= 0.6 is 0 Å². The molecule has 0 bridgehead atoms. The Labute approximate surface area is 127 Å². The van der Waals surface area contributed by atoms with Gasteiger partial charge in [-0.1, -0.05) is 19.3 Å². The topological polar surface area (TPSA) is 69.6 Å². The van der Waals surface area contributed by atoms with Gasteiger partial charge in [-0.25, -0.2) is 4.79 Å². The number of amides is 1. The lowest BCUT2D eigenvalue weighted by molar-refractivity contribution is -0.133. The van der Waals surface area contributed by atoms with E-state index >= 15 is 0 Å². The summed E-state index contributed by atoms with van der Waals surface area (Å²) in [7, 11) is 2.15. The molecule has 0 aromatic carbocycles. The summed E-state index contributed by atoms with van der Waals surface area (Å²) in [5, 5.41) is 11.6. The molecule has 0 heterocycles. The molecule has 1 aliphatic rings. The first-order valence-corrected chi connectivity index (χ1v) is 7.82. The van der Waals surface area contributed by atoms with Gasteiger partial charge < -0.3 is 15.3 Å². The molecule has 0 radical (unpaired) electrons. The molecule has 0 spiro atoms. The average molecular weight is 296 g/mol. The normalized spacial score (nSPS) is 17.5. The third kappa shape index (κ3) is 5.87. The Balaban J connectivity index is 2.25. The largest absolute Gasteiger partial charge is 0.478 e. The van der Waals surface area contributed by atoms with Crippen molar-refractivity contribution >= 4 is 11.9 Å². The lowest BCUT2D eigenvalue weighted by atomic mass is 9.94. The Hall–Kier alpha value is -1.36. The summed E-state index contributed by atoms with van der Waals surface area (Å²) >= 11 is 0. The van der Waals surface area contributed by atoms with Gasteiger partial charge in [0.1, 0.15) is 0 Å². The molecule has 0 aliphatic heterocycles. The molecule has 0 aromatic rings. The van der Waals surface area contributed by atoms with Gasteiger partial charge in [0.15, 0.2) is 0 Å². The summed E-state index contributed by atoms with van der Waals surface area (Å²) in [5.41, 5.74) is 0.384. The maximum Gasteiger partial charge on any atom is 0.331 e. The monoisotopic (exact) mass is 296 g/mol. The van der Waals surface area contributed by atoms with E-state index in [0.29, 0.717) is 12.6 Å². The van der Waals surface area contributed by atoms with Crippen molar-refractivity contribution in [1.29, 1.82) is 0 Å². The van der Waals surface area contributed by atoms with Crippen LogP contribution in [0.2, 0.25) is 0 Å². The summed E-state index contributed by atoms with van der Waals surface area (Å²) in [4.78, 5) is 25.0. The lowest BCUT2D eigenvalue weighted by Crippen LogP contribution is -2.36. The van der Waals surface area contributed by atoms with Gasteiger partial charge in [-0.2, -0.15) is 0 Å². The maximum atomic E-state index is 11.8. The minimum absolute atomic E-state index is 0.104.